The maximum absolute atomic E-state index is 5.67. The van der Waals surface area contributed by atoms with E-state index in [0.29, 0.717) is 12.4 Å². The molecule has 1 aromatic carbocycles. The van der Waals surface area contributed by atoms with Gasteiger partial charge in [0.2, 0.25) is 0 Å². The number of ether oxygens (including phenoxy) is 1. The van der Waals surface area contributed by atoms with E-state index in [9.17, 15) is 0 Å². The largest absolute Gasteiger partial charge is 0.496 e. The number of hydrogen-bond donors (Lipinski definition) is 0. The fraction of sp³-hybridized carbons (Fsp3) is 0.273. The SMILES string of the molecule is COc1ccc(Cn2cc(CCl)nn2)cc1Br. The lowest BCUT2D eigenvalue weighted by atomic mass is 10.2. The highest BCUT2D eigenvalue weighted by atomic mass is 79.9. The van der Waals surface area contributed by atoms with Gasteiger partial charge in [-0.15, -0.1) is 16.7 Å². The van der Waals surface area contributed by atoms with Gasteiger partial charge in [0.1, 0.15) is 5.75 Å². The van der Waals surface area contributed by atoms with Crippen LogP contribution in [0.4, 0.5) is 0 Å². The Morgan fingerprint density at radius 2 is 2.29 bits per heavy atom. The van der Waals surface area contributed by atoms with Gasteiger partial charge in [0.25, 0.3) is 0 Å². The number of alkyl halides is 1. The van der Waals surface area contributed by atoms with Crippen LogP contribution >= 0.6 is 27.5 Å². The van der Waals surface area contributed by atoms with E-state index in [1.807, 2.05) is 24.4 Å². The monoisotopic (exact) mass is 315 g/mol. The van der Waals surface area contributed by atoms with E-state index in [4.69, 9.17) is 16.3 Å². The summed E-state index contributed by atoms with van der Waals surface area (Å²) in [6, 6.07) is 5.91. The molecule has 6 heteroatoms. The lowest BCUT2D eigenvalue weighted by Gasteiger charge is -2.06. The molecule has 17 heavy (non-hydrogen) atoms. The predicted molar refractivity (Wildman–Crippen MR) is 69.4 cm³/mol. The van der Waals surface area contributed by atoms with E-state index < -0.39 is 0 Å². The van der Waals surface area contributed by atoms with Gasteiger partial charge in [0.05, 0.1) is 35.9 Å². The zero-order valence-corrected chi connectivity index (χ0v) is 11.6. The third kappa shape index (κ3) is 2.98. The molecule has 2 rings (SSSR count). The van der Waals surface area contributed by atoms with Crippen LogP contribution in [0.1, 0.15) is 11.3 Å². The molecule has 1 aromatic heterocycles. The number of nitrogens with zero attached hydrogens (tertiary/aromatic N) is 3. The molecule has 0 radical (unpaired) electrons. The summed E-state index contributed by atoms with van der Waals surface area (Å²) in [4.78, 5) is 0. The summed E-state index contributed by atoms with van der Waals surface area (Å²) in [5.74, 6) is 1.19. The molecule has 0 amide bonds. The molecule has 0 aliphatic rings. The second-order valence-electron chi connectivity index (χ2n) is 3.51. The molecule has 2 aromatic rings. The van der Waals surface area contributed by atoms with Crippen molar-refractivity contribution in [2.24, 2.45) is 0 Å². The average molecular weight is 317 g/mol. The standard InChI is InChI=1S/C11H11BrClN3O/c1-17-11-3-2-8(4-10(11)12)6-16-7-9(5-13)14-15-16/h2-4,7H,5-6H2,1H3. The molecule has 1 heterocycles. The van der Waals surface area contributed by atoms with Gasteiger partial charge < -0.3 is 4.74 Å². The zero-order valence-electron chi connectivity index (χ0n) is 9.23. The van der Waals surface area contributed by atoms with Crippen LogP contribution < -0.4 is 4.74 Å². The maximum Gasteiger partial charge on any atom is 0.133 e. The Bertz CT molecular complexity index is 515. The molecule has 0 aliphatic carbocycles. The number of aromatic nitrogens is 3. The number of benzene rings is 1. The molecule has 4 nitrogen and oxygen atoms in total. The van der Waals surface area contributed by atoms with Crippen LogP contribution in [0.2, 0.25) is 0 Å². The van der Waals surface area contributed by atoms with Crippen LogP contribution in [0.25, 0.3) is 0 Å². The fourth-order valence-corrected chi connectivity index (χ4v) is 2.18. The highest BCUT2D eigenvalue weighted by molar-refractivity contribution is 9.10. The van der Waals surface area contributed by atoms with Gasteiger partial charge in [-0.05, 0) is 33.6 Å². The molecule has 0 aliphatic heterocycles. The molecule has 0 N–H and O–H groups in total. The Hall–Kier alpha value is -1.07. The average Bonchev–Trinajstić information content (AvgIpc) is 2.77. The number of hydrogen-bond acceptors (Lipinski definition) is 3. The summed E-state index contributed by atoms with van der Waals surface area (Å²) in [6.07, 6.45) is 1.84. The van der Waals surface area contributed by atoms with E-state index in [2.05, 4.69) is 26.2 Å². The highest BCUT2D eigenvalue weighted by Crippen LogP contribution is 2.25. The first-order valence-corrected chi connectivity index (χ1v) is 6.33. The van der Waals surface area contributed by atoms with Crippen molar-refractivity contribution in [1.82, 2.24) is 15.0 Å². The summed E-state index contributed by atoms with van der Waals surface area (Å²) >= 11 is 9.12. The first-order valence-electron chi connectivity index (χ1n) is 5.00. The van der Waals surface area contributed by atoms with E-state index in [0.717, 1.165) is 21.5 Å². The smallest absolute Gasteiger partial charge is 0.133 e. The Labute approximate surface area is 113 Å². The molecule has 90 valence electrons. The van der Waals surface area contributed by atoms with Crippen molar-refractivity contribution in [1.29, 1.82) is 0 Å². The molecular formula is C11H11BrClN3O. The van der Waals surface area contributed by atoms with Crippen molar-refractivity contribution in [2.75, 3.05) is 7.11 Å². The van der Waals surface area contributed by atoms with Gasteiger partial charge in [-0.3, -0.25) is 0 Å². The van der Waals surface area contributed by atoms with Gasteiger partial charge in [-0.1, -0.05) is 11.3 Å². The van der Waals surface area contributed by atoms with Crippen LogP contribution in [-0.4, -0.2) is 22.1 Å². The Balaban J connectivity index is 2.15. The van der Waals surface area contributed by atoms with E-state index in [1.54, 1.807) is 11.8 Å². The summed E-state index contributed by atoms with van der Waals surface area (Å²) in [7, 11) is 1.64. The Kier molecular flexibility index (Phi) is 4.02. The first kappa shape index (κ1) is 12.4. The summed E-state index contributed by atoms with van der Waals surface area (Å²) in [5.41, 5.74) is 1.89. The third-order valence-electron chi connectivity index (χ3n) is 2.28. The summed E-state index contributed by atoms with van der Waals surface area (Å²) < 4.78 is 7.85. The first-order chi connectivity index (χ1) is 8.22. The Morgan fingerprint density at radius 3 is 2.88 bits per heavy atom. The van der Waals surface area contributed by atoms with Crippen LogP contribution in [0.3, 0.4) is 0 Å². The Morgan fingerprint density at radius 1 is 1.47 bits per heavy atom. The molecule has 0 bridgehead atoms. The molecule has 0 unspecified atom stereocenters. The predicted octanol–water partition coefficient (Wildman–Crippen LogP) is 2.84. The number of halogens is 2. The number of methoxy groups -OCH3 is 1. The van der Waals surface area contributed by atoms with Crippen molar-refractivity contribution < 1.29 is 4.74 Å². The normalized spacial score (nSPS) is 10.5. The van der Waals surface area contributed by atoms with Crippen molar-refractivity contribution in [3.63, 3.8) is 0 Å². The highest BCUT2D eigenvalue weighted by Gasteiger charge is 2.04. The summed E-state index contributed by atoms with van der Waals surface area (Å²) in [6.45, 7) is 0.659. The molecule has 0 atom stereocenters. The van der Waals surface area contributed by atoms with Gasteiger partial charge in [0, 0.05) is 0 Å². The van der Waals surface area contributed by atoms with Gasteiger partial charge in [-0.2, -0.15) is 0 Å². The minimum absolute atomic E-state index is 0.381. The molecule has 0 spiro atoms. The lowest BCUT2D eigenvalue weighted by molar-refractivity contribution is 0.412. The van der Waals surface area contributed by atoms with Crippen LogP contribution in [0.15, 0.2) is 28.9 Å². The van der Waals surface area contributed by atoms with Crippen molar-refractivity contribution in [3.05, 3.63) is 40.1 Å². The fourth-order valence-electron chi connectivity index (χ4n) is 1.47. The third-order valence-corrected chi connectivity index (χ3v) is 3.18. The molecule has 0 saturated carbocycles. The molecular weight excluding hydrogens is 305 g/mol. The van der Waals surface area contributed by atoms with Gasteiger partial charge >= 0.3 is 0 Å². The minimum atomic E-state index is 0.381. The van der Waals surface area contributed by atoms with Crippen LogP contribution in [0, 0.1) is 0 Å². The summed E-state index contributed by atoms with van der Waals surface area (Å²) in [5, 5.41) is 7.92. The van der Waals surface area contributed by atoms with E-state index in [-0.39, 0.29) is 0 Å². The van der Waals surface area contributed by atoms with Crippen molar-refractivity contribution >= 4 is 27.5 Å². The van der Waals surface area contributed by atoms with E-state index >= 15 is 0 Å². The zero-order chi connectivity index (χ0) is 12.3. The molecule has 0 saturated heterocycles. The second-order valence-corrected chi connectivity index (χ2v) is 4.63. The quantitative estimate of drug-likeness (QED) is 0.814. The van der Waals surface area contributed by atoms with E-state index in [1.165, 1.54) is 0 Å². The topological polar surface area (TPSA) is 39.9 Å². The van der Waals surface area contributed by atoms with Crippen LogP contribution in [0.5, 0.6) is 5.75 Å². The maximum atomic E-state index is 5.67. The van der Waals surface area contributed by atoms with Crippen molar-refractivity contribution in [3.8, 4) is 5.75 Å². The minimum Gasteiger partial charge on any atom is -0.496 e. The lowest BCUT2D eigenvalue weighted by Crippen LogP contribution is -2.00. The molecule has 0 fully saturated rings. The van der Waals surface area contributed by atoms with Crippen molar-refractivity contribution in [2.45, 2.75) is 12.4 Å². The number of rotatable bonds is 4. The van der Waals surface area contributed by atoms with Gasteiger partial charge in [0.15, 0.2) is 0 Å². The van der Waals surface area contributed by atoms with Crippen LogP contribution in [-0.2, 0) is 12.4 Å². The second kappa shape index (κ2) is 5.51. The van der Waals surface area contributed by atoms with Gasteiger partial charge in [-0.25, -0.2) is 4.68 Å².